The zero-order chi connectivity index (χ0) is 11.6. The van der Waals surface area contributed by atoms with Gasteiger partial charge in [-0.25, -0.2) is 0 Å². The minimum absolute atomic E-state index is 0.118. The molecule has 0 amide bonds. The fourth-order valence-electron chi connectivity index (χ4n) is 1.26. The van der Waals surface area contributed by atoms with Crippen LogP contribution in [0.4, 0.5) is 0 Å². The van der Waals surface area contributed by atoms with E-state index in [0.29, 0.717) is 0 Å². The van der Waals surface area contributed by atoms with Gasteiger partial charge in [-0.2, -0.15) is 0 Å². The van der Waals surface area contributed by atoms with Gasteiger partial charge in [0.2, 0.25) is 0 Å². The largest absolute Gasteiger partial charge is 0.480 e. The van der Waals surface area contributed by atoms with Crippen LogP contribution >= 0.6 is 27.3 Å². The van der Waals surface area contributed by atoms with Crippen molar-refractivity contribution in [1.29, 1.82) is 0 Å². The number of carbonyl (C=O) groups is 1. The highest BCUT2D eigenvalue weighted by Gasteiger charge is 2.23. The van der Waals surface area contributed by atoms with Gasteiger partial charge >= 0.3 is 5.97 Å². The molecule has 1 N–H and O–H groups in total. The molecule has 1 aromatic rings. The zero-order valence-electron chi connectivity index (χ0n) is 8.90. The zero-order valence-corrected chi connectivity index (χ0v) is 11.3. The topological polar surface area (TPSA) is 40.5 Å². The number of aliphatic carboxylic acids is 1. The van der Waals surface area contributed by atoms with Crippen molar-refractivity contribution in [3.8, 4) is 0 Å². The summed E-state index contributed by atoms with van der Waals surface area (Å²) in [6.45, 7) is 3.71. The third kappa shape index (κ3) is 3.03. The van der Waals surface area contributed by atoms with E-state index in [4.69, 9.17) is 5.11 Å². The highest BCUT2D eigenvalue weighted by atomic mass is 79.9. The number of carboxylic acid groups (broad SMARTS) is 1. The number of likely N-dealkylation sites (N-methyl/N-ethyl adjacent to an activating group) is 1. The standard InChI is InChI=1S/C10H14BrNO2S/c1-6(8-4-5-9(11)15-8)12(3)7(2)10(13)14/h4-7H,1-3H3,(H,13,14). The Bertz CT molecular complexity index is 353. The van der Waals surface area contributed by atoms with Crippen molar-refractivity contribution in [2.45, 2.75) is 25.9 Å². The summed E-state index contributed by atoms with van der Waals surface area (Å²) in [4.78, 5) is 13.8. The number of halogens is 1. The Balaban J connectivity index is 2.76. The predicted molar refractivity (Wildman–Crippen MR) is 65.3 cm³/mol. The van der Waals surface area contributed by atoms with Crippen molar-refractivity contribution >= 4 is 33.2 Å². The average Bonchev–Trinajstić information content (AvgIpc) is 2.61. The Morgan fingerprint density at radius 2 is 2.13 bits per heavy atom. The predicted octanol–water partition coefficient (Wildman–Crippen LogP) is 2.98. The smallest absolute Gasteiger partial charge is 0.320 e. The van der Waals surface area contributed by atoms with Gasteiger partial charge in [-0.3, -0.25) is 9.69 Å². The van der Waals surface area contributed by atoms with E-state index in [1.54, 1.807) is 18.3 Å². The maximum atomic E-state index is 10.8. The lowest BCUT2D eigenvalue weighted by atomic mass is 10.2. The van der Waals surface area contributed by atoms with Gasteiger partial charge in [-0.1, -0.05) is 0 Å². The van der Waals surface area contributed by atoms with Crippen LogP contribution < -0.4 is 0 Å². The SMILES string of the molecule is CC(C(=O)O)N(C)C(C)c1ccc(Br)s1. The van der Waals surface area contributed by atoms with E-state index in [-0.39, 0.29) is 6.04 Å². The molecular formula is C10H14BrNO2S. The number of hydrogen-bond acceptors (Lipinski definition) is 3. The molecule has 0 aliphatic carbocycles. The lowest BCUT2D eigenvalue weighted by Gasteiger charge is -2.27. The first-order chi connectivity index (χ1) is 6.93. The minimum atomic E-state index is -0.792. The van der Waals surface area contributed by atoms with E-state index in [0.717, 1.165) is 8.66 Å². The molecule has 0 spiro atoms. The van der Waals surface area contributed by atoms with Gasteiger partial charge in [-0.05, 0) is 49.0 Å². The van der Waals surface area contributed by atoms with Gasteiger partial charge in [0.1, 0.15) is 6.04 Å². The Kier molecular flexibility index (Phi) is 4.31. The van der Waals surface area contributed by atoms with Crippen molar-refractivity contribution < 1.29 is 9.90 Å². The Morgan fingerprint density at radius 1 is 1.53 bits per heavy atom. The Labute approximate surface area is 102 Å². The van der Waals surface area contributed by atoms with E-state index in [2.05, 4.69) is 15.9 Å². The van der Waals surface area contributed by atoms with Gasteiger partial charge in [0.25, 0.3) is 0 Å². The molecule has 0 aromatic carbocycles. The van der Waals surface area contributed by atoms with E-state index in [1.807, 2.05) is 31.0 Å². The summed E-state index contributed by atoms with van der Waals surface area (Å²) in [5.74, 6) is -0.792. The first kappa shape index (κ1) is 12.7. The van der Waals surface area contributed by atoms with Crippen LogP contribution in [0.2, 0.25) is 0 Å². The maximum absolute atomic E-state index is 10.8. The number of hydrogen-bond donors (Lipinski definition) is 1. The molecule has 2 unspecified atom stereocenters. The first-order valence-electron chi connectivity index (χ1n) is 4.63. The quantitative estimate of drug-likeness (QED) is 0.927. The Hall–Kier alpha value is -0.390. The molecule has 5 heteroatoms. The van der Waals surface area contributed by atoms with E-state index >= 15 is 0 Å². The van der Waals surface area contributed by atoms with Gasteiger partial charge < -0.3 is 5.11 Å². The van der Waals surface area contributed by atoms with Crippen LogP contribution in [-0.4, -0.2) is 29.1 Å². The van der Waals surface area contributed by atoms with Gasteiger partial charge in [0, 0.05) is 10.9 Å². The molecule has 0 saturated heterocycles. The summed E-state index contributed by atoms with van der Waals surface area (Å²) in [6.07, 6.45) is 0. The molecule has 0 radical (unpaired) electrons. The van der Waals surface area contributed by atoms with Gasteiger partial charge in [-0.15, -0.1) is 11.3 Å². The molecule has 0 fully saturated rings. The van der Waals surface area contributed by atoms with Gasteiger partial charge in [0.05, 0.1) is 3.79 Å². The molecule has 0 aliphatic rings. The van der Waals surface area contributed by atoms with Crippen molar-refractivity contribution in [1.82, 2.24) is 4.90 Å². The van der Waals surface area contributed by atoms with Crippen molar-refractivity contribution in [3.05, 3.63) is 20.8 Å². The van der Waals surface area contributed by atoms with Crippen LogP contribution in [-0.2, 0) is 4.79 Å². The summed E-state index contributed by atoms with van der Waals surface area (Å²) in [7, 11) is 1.83. The lowest BCUT2D eigenvalue weighted by molar-refractivity contribution is -0.142. The third-order valence-corrected chi connectivity index (χ3v) is 4.38. The van der Waals surface area contributed by atoms with Crippen LogP contribution in [0.1, 0.15) is 24.8 Å². The molecule has 1 heterocycles. The van der Waals surface area contributed by atoms with E-state index in [9.17, 15) is 4.79 Å². The molecule has 0 aliphatic heterocycles. The molecule has 15 heavy (non-hydrogen) atoms. The summed E-state index contributed by atoms with van der Waals surface area (Å²) in [5, 5.41) is 8.91. The summed E-state index contributed by atoms with van der Waals surface area (Å²) in [5.41, 5.74) is 0. The van der Waals surface area contributed by atoms with Crippen molar-refractivity contribution in [3.63, 3.8) is 0 Å². The summed E-state index contributed by atoms with van der Waals surface area (Å²) in [6, 6.07) is 3.65. The number of thiophene rings is 1. The van der Waals surface area contributed by atoms with Crippen LogP contribution in [0.25, 0.3) is 0 Å². The van der Waals surface area contributed by atoms with Crippen LogP contribution in [0.5, 0.6) is 0 Å². The highest BCUT2D eigenvalue weighted by Crippen LogP contribution is 2.30. The van der Waals surface area contributed by atoms with Crippen molar-refractivity contribution in [2.75, 3.05) is 7.05 Å². The van der Waals surface area contributed by atoms with Gasteiger partial charge in [0.15, 0.2) is 0 Å². The van der Waals surface area contributed by atoms with Crippen LogP contribution in [0.15, 0.2) is 15.9 Å². The summed E-state index contributed by atoms with van der Waals surface area (Å²) >= 11 is 5.03. The summed E-state index contributed by atoms with van der Waals surface area (Å²) < 4.78 is 1.07. The molecular weight excluding hydrogens is 278 g/mol. The highest BCUT2D eigenvalue weighted by molar-refractivity contribution is 9.11. The number of carboxylic acids is 1. The molecule has 0 bridgehead atoms. The minimum Gasteiger partial charge on any atom is -0.480 e. The molecule has 1 rings (SSSR count). The maximum Gasteiger partial charge on any atom is 0.320 e. The Morgan fingerprint density at radius 3 is 2.53 bits per heavy atom. The third-order valence-electron chi connectivity index (χ3n) is 2.58. The molecule has 0 saturated carbocycles. The van der Waals surface area contributed by atoms with Crippen molar-refractivity contribution in [2.24, 2.45) is 0 Å². The first-order valence-corrected chi connectivity index (χ1v) is 6.24. The molecule has 2 atom stereocenters. The fraction of sp³-hybridized carbons (Fsp3) is 0.500. The van der Waals surface area contributed by atoms with Crippen LogP contribution in [0.3, 0.4) is 0 Å². The normalized spacial score (nSPS) is 15.3. The second-order valence-electron chi connectivity index (χ2n) is 3.50. The second kappa shape index (κ2) is 5.09. The number of rotatable bonds is 4. The fourth-order valence-corrected chi connectivity index (χ4v) is 2.79. The van der Waals surface area contributed by atoms with E-state index < -0.39 is 12.0 Å². The average molecular weight is 292 g/mol. The number of nitrogens with zero attached hydrogens (tertiary/aromatic N) is 1. The lowest BCUT2D eigenvalue weighted by Crippen LogP contribution is -2.37. The second-order valence-corrected chi connectivity index (χ2v) is 5.99. The molecule has 84 valence electrons. The van der Waals surface area contributed by atoms with Crippen LogP contribution in [0, 0.1) is 0 Å². The molecule has 1 aromatic heterocycles. The molecule has 3 nitrogen and oxygen atoms in total. The monoisotopic (exact) mass is 291 g/mol. The van der Waals surface area contributed by atoms with E-state index in [1.165, 1.54) is 0 Å².